The molecule has 2 atom stereocenters. The molecule has 2 aromatic carbocycles. The molecule has 2 heterocycles. The monoisotopic (exact) mass is 656 g/mol. The highest BCUT2D eigenvalue weighted by Gasteiger charge is 2.34. The number of carbonyl (C=O) groups excluding carboxylic acids is 1. The number of ether oxygens (including phenoxy) is 4. The molecule has 4 rings (SSSR count). The SMILES string of the molecule is CC(CCC(=O)[O-])(c1ccc(OCC2CO2)cc1)c1ccc(OCC2CO2)cc1.CCCC[P+](CCCC)(CCCC)CCCC. The quantitative estimate of drug-likeness (QED) is 0.0884. The van der Waals surface area contributed by atoms with Gasteiger partial charge in [-0.25, -0.2) is 0 Å². The average molecular weight is 657 g/mol. The van der Waals surface area contributed by atoms with Crippen molar-refractivity contribution in [1.82, 2.24) is 0 Å². The van der Waals surface area contributed by atoms with Crippen LogP contribution >= 0.6 is 7.26 Å². The second-order valence-corrected chi connectivity index (χ2v) is 17.9. The van der Waals surface area contributed by atoms with E-state index in [1.54, 1.807) is 24.6 Å². The van der Waals surface area contributed by atoms with Gasteiger partial charge in [0.25, 0.3) is 0 Å². The number of unbranched alkanes of at least 4 members (excludes halogenated alkanes) is 4. The fourth-order valence-corrected chi connectivity index (χ4v) is 11.3. The highest BCUT2D eigenvalue weighted by Crippen LogP contribution is 2.61. The topological polar surface area (TPSA) is 83.7 Å². The Morgan fingerprint density at radius 1 is 0.717 bits per heavy atom. The summed E-state index contributed by atoms with van der Waals surface area (Å²) in [4.78, 5) is 11.2. The van der Waals surface area contributed by atoms with Crippen LogP contribution in [-0.2, 0) is 19.7 Å². The van der Waals surface area contributed by atoms with E-state index in [1.165, 1.54) is 51.4 Å². The van der Waals surface area contributed by atoms with E-state index in [2.05, 4.69) is 34.6 Å². The Balaban J connectivity index is 0.000000292. The van der Waals surface area contributed by atoms with Crippen LogP contribution in [-0.4, -0.2) is 69.3 Å². The van der Waals surface area contributed by atoms with E-state index in [0.717, 1.165) is 35.8 Å². The van der Waals surface area contributed by atoms with Crippen molar-refractivity contribution in [3.8, 4) is 11.5 Å². The highest BCUT2D eigenvalue weighted by molar-refractivity contribution is 7.75. The van der Waals surface area contributed by atoms with E-state index < -0.39 is 18.6 Å². The van der Waals surface area contributed by atoms with Gasteiger partial charge in [-0.1, -0.05) is 84.6 Å². The van der Waals surface area contributed by atoms with Crippen LogP contribution in [0.2, 0.25) is 0 Å². The van der Waals surface area contributed by atoms with Gasteiger partial charge in [-0.15, -0.1) is 0 Å². The van der Waals surface area contributed by atoms with Crippen LogP contribution in [0.3, 0.4) is 0 Å². The largest absolute Gasteiger partial charge is 0.550 e. The Bertz CT molecular complexity index is 1010. The smallest absolute Gasteiger partial charge is 0.119 e. The molecule has 0 aromatic heterocycles. The van der Waals surface area contributed by atoms with Crippen LogP contribution in [0.25, 0.3) is 0 Å². The summed E-state index contributed by atoms with van der Waals surface area (Å²) in [5, 5.41) is 11.2. The normalized spacial score (nSPS) is 18.2. The Morgan fingerprint density at radius 2 is 1.07 bits per heavy atom. The molecule has 0 saturated carbocycles. The predicted molar refractivity (Wildman–Crippen MR) is 190 cm³/mol. The van der Waals surface area contributed by atoms with Crippen LogP contribution in [0.4, 0.5) is 0 Å². The van der Waals surface area contributed by atoms with Crippen molar-refractivity contribution < 1.29 is 28.8 Å². The molecule has 0 aliphatic carbocycles. The molecule has 7 heteroatoms. The summed E-state index contributed by atoms with van der Waals surface area (Å²) in [6.07, 6.45) is 18.8. The minimum atomic E-state index is -1.05. The van der Waals surface area contributed by atoms with Crippen molar-refractivity contribution in [3.63, 3.8) is 0 Å². The van der Waals surface area contributed by atoms with Gasteiger partial charge in [-0.2, -0.15) is 0 Å². The van der Waals surface area contributed by atoms with Gasteiger partial charge in [0, 0.05) is 18.6 Å². The van der Waals surface area contributed by atoms with Crippen molar-refractivity contribution in [2.75, 3.05) is 51.1 Å². The Morgan fingerprint density at radius 3 is 1.35 bits per heavy atom. The van der Waals surface area contributed by atoms with Crippen molar-refractivity contribution in [2.45, 2.75) is 116 Å². The van der Waals surface area contributed by atoms with E-state index in [9.17, 15) is 9.90 Å². The number of rotatable bonds is 23. The maximum Gasteiger partial charge on any atom is 0.119 e. The number of carboxylic acid groups (broad SMARTS) is 1. The molecule has 6 nitrogen and oxygen atoms in total. The van der Waals surface area contributed by atoms with Gasteiger partial charge in [0.1, 0.15) is 36.9 Å². The highest BCUT2D eigenvalue weighted by atomic mass is 31.2. The number of aliphatic carboxylic acids is 1. The maximum absolute atomic E-state index is 11.2. The number of carbonyl (C=O) groups is 1. The third kappa shape index (κ3) is 13.5. The molecule has 2 aliphatic heterocycles. The number of benzene rings is 2. The molecule has 0 radical (unpaired) electrons. The molecule has 2 aromatic rings. The second kappa shape index (κ2) is 20.3. The standard InChI is InChI=1S/C23H26O6.C16H36P/c1-23(11-10-22(24)25,16-2-6-18(7-3-16)26-12-20-14-28-20)17-4-8-19(9-5-17)27-13-21-15-29-21;1-5-9-13-17(14-10-6-2,15-11-7-3)16-12-8-4/h2-9,20-21H,10-15H2,1H3,(H,24,25);5-16H2,1-4H3/q;+1/p-1. The minimum Gasteiger partial charge on any atom is -0.550 e. The first-order chi connectivity index (χ1) is 22.3. The summed E-state index contributed by atoms with van der Waals surface area (Å²) < 4.78 is 21.7. The fourth-order valence-electron chi connectivity index (χ4n) is 6.00. The summed E-state index contributed by atoms with van der Waals surface area (Å²) >= 11 is 0. The first kappa shape index (κ1) is 38.3. The summed E-state index contributed by atoms with van der Waals surface area (Å²) in [7, 11) is -0.562. The molecule has 258 valence electrons. The molecule has 0 bridgehead atoms. The van der Waals surface area contributed by atoms with Gasteiger partial charge in [0.2, 0.25) is 0 Å². The molecule has 0 amide bonds. The zero-order chi connectivity index (χ0) is 33.3. The first-order valence-electron chi connectivity index (χ1n) is 18.0. The van der Waals surface area contributed by atoms with Crippen molar-refractivity contribution in [3.05, 3.63) is 59.7 Å². The number of hydrogen-bond donors (Lipinski definition) is 0. The van der Waals surface area contributed by atoms with E-state index in [0.29, 0.717) is 19.6 Å². The van der Waals surface area contributed by atoms with Gasteiger partial charge in [0.15, 0.2) is 0 Å². The molecule has 2 unspecified atom stereocenters. The van der Waals surface area contributed by atoms with Crippen LogP contribution in [0.15, 0.2) is 48.5 Å². The van der Waals surface area contributed by atoms with E-state index in [-0.39, 0.29) is 18.6 Å². The Kier molecular flexibility index (Phi) is 16.9. The molecule has 46 heavy (non-hydrogen) atoms. The molecule has 0 spiro atoms. The summed E-state index contributed by atoms with van der Waals surface area (Å²) in [5.41, 5.74) is 1.57. The van der Waals surface area contributed by atoms with Crippen molar-refractivity contribution in [2.24, 2.45) is 0 Å². The molecular weight excluding hydrogens is 595 g/mol. The van der Waals surface area contributed by atoms with E-state index >= 15 is 0 Å². The summed E-state index contributed by atoms with van der Waals surface area (Å²) in [5.74, 6) is 0.500. The lowest BCUT2D eigenvalue weighted by atomic mass is 9.73. The second-order valence-electron chi connectivity index (χ2n) is 13.4. The third-order valence-electron chi connectivity index (χ3n) is 9.43. The van der Waals surface area contributed by atoms with Crippen LogP contribution in [0, 0.1) is 0 Å². The van der Waals surface area contributed by atoms with Gasteiger partial charge in [0.05, 0.1) is 37.9 Å². The van der Waals surface area contributed by atoms with Crippen molar-refractivity contribution >= 4 is 13.2 Å². The van der Waals surface area contributed by atoms with Gasteiger partial charge in [-0.05, 0) is 73.9 Å². The number of carboxylic acids is 1. The molecule has 2 aliphatic rings. The number of hydrogen-bond acceptors (Lipinski definition) is 6. The summed E-state index contributed by atoms with van der Waals surface area (Å²) in [6, 6.07) is 15.6. The molecular formula is C39H61O6P. The average Bonchev–Trinajstić information content (AvgIpc) is 4.02. The lowest BCUT2D eigenvalue weighted by Crippen LogP contribution is -2.29. The first-order valence-corrected chi connectivity index (χ1v) is 20.5. The van der Waals surface area contributed by atoms with Crippen LogP contribution in [0.5, 0.6) is 11.5 Å². The lowest BCUT2D eigenvalue weighted by Gasteiger charge is -2.31. The van der Waals surface area contributed by atoms with Gasteiger partial charge in [-0.3, -0.25) is 0 Å². The van der Waals surface area contributed by atoms with Crippen LogP contribution < -0.4 is 14.6 Å². The van der Waals surface area contributed by atoms with E-state index in [4.69, 9.17) is 18.9 Å². The number of epoxide rings is 2. The lowest BCUT2D eigenvalue weighted by molar-refractivity contribution is -0.306. The Hall–Kier alpha value is -2.14. The van der Waals surface area contributed by atoms with E-state index in [1.807, 2.05) is 48.5 Å². The van der Waals surface area contributed by atoms with Crippen molar-refractivity contribution in [1.29, 1.82) is 0 Å². The predicted octanol–water partition coefficient (Wildman–Crippen LogP) is 8.28. The molecule has 2 saturated heterocycles. The molecule has 0 N–H and O–H groups in total. The third-order valence-corrected chi connectivity index (χ3v) is 14.5. The summed E-state index contributed by atoms with van der Waals surface area (Å²) in [6.45, 7) is 14.1. The van der Waals surface area contributed by atoms with Gasteiger partial charge < -0.3 is 28.8 Å². The zero-order valence-corrected chi connectivity index (χ0v) is 30.3. The minimum absolute atomic E-state index is 0.0228. The molecule has 2 fully saturated rings. The van der Waals surface area contributed by atoms with Gasteiger partial charge >= 0.3 is 0 Å². The Labute approximate surface area is 280 Å². The maximum atomic E-state index is 11.2. The zero-order valence-electron chi connectivity index (χ0n) is 29.4. The van der Waals surface area contributed by atoms with Crippen LogP contribution in [0.1, 0.15) is 110 Å². The fraction of sp³-hybridized carbons (Fsp3) is 0.667.